The van der Waals surface area contributed by atoms with Crippen molar-refractivity contribution in [2.75, 3.05) is 37.3 Å². The van der Waals surface area contributed by atoms with Crippen molar-refractivity contribution in [3.63, 3.8) is 0 Å². The highest BCUT2D eigenvalue weighted by Crippen LogP contribution is 2.25. The van der Waals surface area contributed by atoms with Crippen LogP contribution in [0.5, 0.6) is 0 Å². The summed E-state index contributed by atoms with van der Waals surface area (Å²) >= 11 is 0. The summed E-state index contributed by atoms with van der Waals surface area (Å²) in [5.74, 6) is 0.00964. The highest BCUT2D eigenvalue weighted by molar-refractivity contribution is 7.89. The highest BCUT2D eigenvalue weighted by atomic mass is 32.2. The molecule has 21 heavy (non-hydrogen) atoms. The quantitative estimate of drug-likeness (QED) is 0.759. The van der Waals surface area contributed by atoms with Crippen LogP contribution in [-0.4, -0.2) is 45.9 Å². The summed E-state index contributed by atoms with van der Waals surface area (Å²) in [4.78, 5) is 15.5. The molecule has 8 heteroatoms. The number of carbonyl (C=O) groups excluding carboxylic acids is 1. The first kappa shape index (κ1) is 15.6. The number of nitrogen functional groups attached to an aromatic ring is 1. The maximum Gasteiger partial charge on any atom is 0.242 e. The SMILES string of the molecule is CN(CC(=O)N1CCCC1)c1cc(S(N)(=O)=O)ccc1N. The van der Waals surface area contributed by atoms with Crippen molar-refractivity contribution in [3.05, 3.63) is 18.2 Å². The minimum absolute atomic E-state index is 0.00964. The second-order valence-electron chi connectivity index (χ2n) is 5.21. The average molecular weight is 312 g/mol. The van der Waals surface area contributed by atoms with E-state index in [1.807, 2.05) is 0 Å². The van der Waals surface area contributed by atoms with Crippen LogP contribution in [0.25, 0.3) is 0 Å². The van der Waals surface area contributed by atoms with Gasteiger partial charge in [-0.3, -0.25) is 4.79 Å². The number of rotatable bonds is 4. The van der Waals surface area contributed by atoms with Crippen LogP contribution in [0.3, 0.4) is 0 Å². The van der Waals surface area contributed by atoms with Gasteiger partial charge in [-0.05, 0) is 31.0 Å². The predicted molar refractivity (Wildman–Crippen MR) is 81.3 cm³/mol. The summed E-state index contributed by atoms with van der Waals surface area (Å²) in [6.45, 7) is 1.71. The summed E-state index contributed by atoms with van der Waals surface area (Å²) in [7, 11) is -2.10. The topological polar surface area (TPSA) is 110 Å². The molecule has 0 atom stereocenters. The van der Waals surface area contributed by atoms with Gasteiger partial charge < -0.3 is 15.5 Å². The lowest BCUT2D eigenvalue weighted by atomic mass is 10.2. The number of anilines is 2. The zero-order chi connectivity index (χ0) is 15.6. The number of likely N-dealkylation sites (tertiary alicyclic amines) is 1. The van der Waals surface area contributed by atoms with E-state index < -0.39 is 10.0 Å². The van der Waals surface area contributed by atoms with Crippen LogP contribution in [0.2, 0.25) is 0 Å². The molecule has 1 aliphatic heterocycles. The van der Waals surface area contributed by atoms with Crippen LogP contribution in [0.15, 0.2) is 23.1 Å². The number of benzene rings is 1. The molecule has 0 radical (unpaired) electrons. The van der Waals surface area contributed by atoms with E-state index in [2.05, 4.69) is 0 Å². The number of amides is 1. The second-order valence-corrected chi connectivity index (χ2v) is 6.77. The van der Waals surface area contributed by atoms with E-state index in [1.165, 1.54) is 18.2 Å². The molecule has 0 aliphatic carbocycles. The van der Waals surface area contributed by atoms with Gasteiger partial charge >= 0.3 is 0 Å². The van der Waals surface area contributed by atoms with E-state index in [0.29, 0.717) is 11.4 Å². The molecule has 0 unspecified atom stereocenters. The van der Waals surface area contributed by atoms with Gasteiger partial charge in [0.2, 0.25) is 15.9 Å². The van der Waals surface area contributed by atoms with Gasteiger partial charge in [-0.15, -0.1) is 0 Å². The molecule has 2 rings (SSSR count). The molecule has 116 valence electrons. The van der Waals surface area contributed by atoms with Crippen molar-refractivity contribution in [1.29, 1.82) is 0 Å². The molecule has 0 saturated carbocycles. The molecule has 1 saturated heterocycles. The molecule has 1 aliphatic rings. The lowest BCUT2D eigenvalue weighted by Gasteiger charge is -2.24. The van der Waals surface area contributed by atoms with E-state index in [4.69, 9.17) is 10.9 Å². The maximum absolute atomic E-state index is 12.1. The molecule has 1 aromatic carbocycles. The second kappa shape index (κ2) is 5.90. The number of sulfonamides is 1. The number of carbonyl (C=O) groups is 1. The van der Waals surface area contributed by atoms with E-state index in [-0.39, 0.29) is 17.3 Å². The fraction of sp³-hybridized carbons (Fsp3) is 0.462. The summed E-state index contributed by atoms with van der Waals surface area (Å²) in [6.07, 6.45) is 2.05. The molecular formula is C13H20N4O3S. The van der Waals surface area contributed by atoms with Crippen molar-refractivity contribution < 1.29 is 13.2 Å². The third-order valence-electron chi connectivity index (χ3n) is 3.57. The molecule has 7 nitrogen and oxygen atoms in total. The van der Waals surface area contributed by atoms with Gasteiger partial charge in [0.25, 0.3) is 0 Å². The highest BCUT2D eigenvalue weighted by Gasteiger charge is 2.20. The Labute approximate surface area is 124 Å². The Kier molecular flexibility index (Phi) is 4.38. The van der Waals surface area contributed by atoms with Crippen LogP contribution >= 0.6 is 0 Å². The first-order chi connectivity index (χ1) is 9.79. The first-order valence-corrected chi connectivity index (χ1v) is 8.25. The number of hydrogen-bond donors (Lipinski definition) is 2. The number of likely N-dealkylation sites (N-methyl/N-ethyl adjacent to an activating group) is 1. The Hall–Kier alpha value is -1.80. The van der Waals surface area contributed by atoms with Gasteiger partial charge in [-0.1, -0.05) is 0 Å². The third kappa shape index (κ3) is 3.64. The van der Waals surface area contributed by atoms with Gasteiger partial charge in [0.05, 0.1) is 22.8 Å². The Morgan fingerprint density at radius 1 is 1.33 bits per heavy atom. The molecule has 0 bridgehead atoms. The van der Waals surface area contributed by atoms with Gasteiger partial charge in [0.15, 0.2) is 0 Å². The Balaban J connectivity index is 2.18. The number of nitrogens with zero attached hydrogens (tertiary/aromatic N) is 2. The minimum atomic E-state index is -3.80. The number of nitrogens with two attached hydrogens (primary N) is 2. The van der Waals surface area contributed by atoms with E-state index in [1.54, 1.807) is 16.8 Å². The maximum atomic E-state index is 12.1. The Bertz CT molecular complexity index is 639. The zero-order valence-corrected chi connectivity index (χ0v) is 12.8. The summed E-state index contributed by atoms with van der Waals surface area (Å²) in [5, 5.41) is 5.11. The van der Waals surface area contributed by atoms with Gasteiger partial charge in [0, 0.05) is 20.1 Å². The third-order valence-corrected chi connectivity index (χ3v) is 4.48. The van der Waals surface area contributed by atoms with E-state index in [0.717, 1.165) is 25.9 Å². The fourth-order valence-corrected chi connectivity index (χ4v) is 2.92. The van der Waals surface area contributed by atoms with Crippen LogP contribution in [0.4, 0.5) is 11.4 Å². The molecule has 0 aromatic heterocycles. The van der Waals surface area contributed by atoms with Crippen LogP contribution in [0.1, 0.15) is 12.8 Å². The largest absolute Gasteiger partial charge is 0.397 e. The van der Waals surface area contributed by atoms with Crippen LogP contribution < -0.4 is 15.8 Å². The van der Waals surface area contributed by atoms with E-state index >= 15 is 0 Å². The molecule has 1 fully saturated rings. The molecular weight excluding hydrogens is 292 g/mol. The van der Waals surface area contributed by atoms with Crippen molar-refractivity contribution >= 4 is 27.3 Å². The van der Waals surface area contributed by atoms with Gasteiger partial charge in [0.1, 0.15) is 0 Å². The van der Waals surface area contributed by atoms with Crippen molar-refractivity contribution in [3.8, 4) is 0 Å². The lowest BCUT2D eigenvalue weighted by Crippen LogP contribution is -2.37. The molecule has 1 aromatic rings. The number of hydrogen-bond acceptors (Lipinski definition) is 5. The molecule has 4 N–H and O–H groups in total. The smallest absolute Gasteiger partial charge is 0.242 e. The average Bonchev–Trinajstić information content (AvgIpc) is 2.91. The van der Waals surface area contributed by atoms with Crippen molar-refractivity contribution in [1.82, 2.24) is 4.90 Å². The Morgan fingerprint density at radius 3 is 2.52 bits per heavy atom. The lowest BCUT2D eigenvalue weighted by molar-refractivity contribution is -0.128. The molecule has 1 amide bonds. The summed E-state index contributed by atoms with van der Waals surface area (Å²) in [5.41, 5.74) is 6.74. The van der Waals surface area contributed by atoms with Crippen molar-refractivity contribution in [2.45, 2.75) is 17.7 Å². The zero-order valence-electron chi connectivity index (χ0n) is 11.9. The number of primary sulfonamides is 1. The van der Waals surface area contributed by atoms with Crippen LogP contribution in [0, 0.1) is 0 Å². The summed E-state index contributed by atoms with van der Waals surface area (Å²) < 4.78 is 22.8. The molecule has 1 heterocycles. The Morgan fingerprint density at radius 2 is 1.95 bits per heavy atom. The fourth-order valence-electron chi connectivity index (χ4n) is 2.39. The van der Waals surface area contributed by atoms with Crippen LogP contribution in [-0.2, 0) is 14.8 Å². The normalized spacial score (nSPS) is 15.2. The van der Waals surface area contributed by atoms with Gasteiger partial charge in [-0.25, -0.2) is 13.6 Å². The van der Waals surface area contributed by atoms with E-state index in [9.17, 15) is 13.2 Å². The molecule has 0 spiro atoms. The predicted octanol–water partition coefficient (Wildman–Crippen LogP) is -0.0252. The minimum Gasteiger partial charge on any atom is -0.397 e. The van der Waals surface area contributed by atoms with Gasteiger partial charge in [-0.2, -0.15) is 0 Å². The summed E-state index contributed by atoms with van der Waals surface area (Å²) in [6, 6.07) is 4.22. The monoisotopic (exact) mass is 312 g/mol. The standard InChI is InChI=1S/C13H20N4O3S/c1-16(9-13(18)17-6-2-3-7-17)12-8-10(21(15,19)20)4-5-11(12)14/h4-5,8H,2-3,6-7,9,14H2,1H3,(H2,15,19,20). The first-order valence-electron chi connectivity index (χ1n) is 6.70. The van der Waals surface area contributed by atoms with Crippen molar-refractivity contribution in [2.24, 2.45) is 5.14 Å².